The predicted molar refractivity (Wildman–Crippen MR) is 57.0 cm³/mol. The molecule has 0 amide bonds. The second kappa shape index (κ2) is 5.75. The van der Waals surface area contributed by atoms with Crippen molar-refractivity contribution in [2.45, 2.75) is 46.2 Å². The van der Waals surface area contributed by atoms with E-state index in [0.29, 0.717) is 6.04 Å². The van der Waals surface area contributed by atoms with E-state index in [-0.39, 0.29) is 0 Å². The standard InChI is InChI=1S/C10H20N4/c1-4-9(5-2)14-10(7-11-6-3)12-8-13-14/h8-9,11H,4-7H2,1-3H3. The maximum absolute atomic E-state index is 4.28. The van der Waals surface area contributed by atoms with Gasteiger partial charge in [0, 0.05) is 0 Å². The van der Waals surface area contributed by atoms with Crippen LogP contribution >= 0.6 is 0 Å². The Morgan fingerprint density at radius 3 is 2.64 bits per heavy atom. The predicted octanol–water partition coefficient (Wildman–Crippen LogP) is 1.75. The minimum Gasteiger partial charge on any atom is -0.310 e. The Balaban J connectivity index is 2.69. The van der Waals surface area contributed by atoms with Crippen molar-refractivity contribution in [1.82, 2.24) is 20.1 Å². The van der Waals surface area contributed by atoms with Crippen LogP contribution in [0.5, 0.6) is 0 Å². The van der Waals surface area contributed by atoms with Gasteiger partial charge in [-0.05, 0) is 19.4 Å². The van der Waals surface area contributed by atoms with Crippen LogP contribution < -0.4 is 5.32 Å². The highest BCUT2D eigenvalue weighted by Crippen LogP contribution is 2.15. The molecular weight excluding hydrogens is 176 g/mol. The molecule has 1 N–H and O–H groups in total. The molecule has 0 aliphatic rings. The third kappa shape index (κ3) is 2.54. The van der Waals surface area contributed by atoms with Gasteiger partial charge in [0.1, 0.15) is 12.2 Å². The Kier molecular flexibility index (Phi) is 4.59. The number of nitrogens with one attached hydrogen (secondary N) is 1. The van der Waals surface area contributed by atoms with Crippen LogP contribution in [0.15, 0.2) is 6.33 Å². The summed E-state index contributed by atoms with van der Waals surface area (Å²) in [6.07, 6.45) is 3.86. The molecule has 0 aliphatic carbocycles. The summed E-state index contributed by atoms with van der Waals surface area (Å²) < 4.78 is 2.04. The quantitative estimate of drug-likeness (QED) is 0.753. The van der Waals surface area contributed by atoms with E-state index in [1.807, 2.05) is 4.68 Å². The molecule has 4 nitrogen and oxygen atoms in total. The summed E-state index contributed by atoms with van der Waals surface area (Å²) in [6.45, 7) is 8.25. The number of hydrogen-bond acceptors (Lipinski definition) is 3. The Morgan fingerprint density at radius 2 is 2.07 bits per heavy atom. The number of hydrogen-bond donors (Lipinski definition) is 1. The van der Waals surface area contributed by atoms with Crippen LogP contribution in [0.2, 0.25) is 0 Å². The Labute approximate surface area is 85.7 Å². The third-order valence-corrected chi connectivity index (χ3v) is 2.47. The molecule has 1 heterocycles. The zero-order valence-electron chi connectivity index (χ0n) is 9.32. The SMILES string of the molecule is CCNCc1ncnn1C(CC)CC. The lowest BCUT2D eigenvalue weighted by Gasteiger charge is -2.15. The van der Waals surface area contributed by atoms with Gasteiger partial charge in [-0.1, -0.05) is 20.8 Å². The number of rotatable bonds is 6. The molecule has 0 fully saturated rings. The van der Waals surface area contributed by atoms with Gasteiger partial charge in [0.25, 0.3) is 0 Å². The zero-order chi connectivity index (χ0) is 10.4. The lowest BCUT2D eigenvalue weighted by Crippen LogP contribution is -2.19. The van der Waals surface area contributed by atoms with Gasteiger partial charge in [0.2, 0.25) is 0 Å². The first-order valence-electron chi connectivity index (χ1n) is 5.42. The minimum atomic E-state index is 0.492. The molecule has 0 aromatic carbocycles. The van der Waals surface area contributed by atoms with Crippen molar-refractivity contribution in [3.63, 3.8) is 0 Å². The van der Waals surface area contributed by atoms with Crippen molar-refractivity contribution in [1.29, 1.82) is 0 Å². The van der Waals surface area contributed by atoms with E-state index in [4.69, 9.17) is 0 Å². The number of aromatic nitrogens is 3. The van der Waals surface area contributed by atoms with Gasteiger partial charge in [0.15, 0.2) is 0 Å². The highest BCUT2D eigenvalue weighted by atomic mass is 15.4. The van der Waals surface area contributed by atoms with Crippen molar-refractivity contribution < 1.29 is 0 Å². The summed E-state index contributed by atoms with van der Waals surface area (Å²) in [6, 6.07) is 0.492. The highest BCUT2D eigenvalue weighted by molar-refractivity contribution is 4.86. The van der Waals surface area contributed by atoms with Crippen LogP contribution in [0.1, 0.15) is 45.5 Å². The monoisotopic (exact) mass is 196 g/mol. The van der Waals surface area contributed by atoms with E-state index in [1.165, 1.54) is 0 Å². The van der Waals surface area contributed by atoms with E-state index < -0.39 is 0 Å². The summed E-state index contributed by atoms with van der Waals surface area (Å²) in [4.78, 5) is 4.26. The van der Waals surface area contributed by atoms with Crippen LogP contribution in [-0.2, 0) is 6.54 Å². The molecule has 0 saturated heterocycles. The molecule has 1 rings (SSSR count). The van der Waals surface area contributed by atoms with Crippen molar-refractivity contribution in [2.24, 2.45) is 0 Å². The van der Waals surface area contributed by atoms with Crippen molar-refractivity contribution in [3.8, 4) is 0 Å². The van der Waals surface area contributed by atoms with Crippen LogP contribution in [0.25, 0.3) is 0 Å². The molecule has 80 valence electrons. The zero-order valence-corrected chi connectivity index (χ0v) is 9.32. The Morgan fingerprint density at radius 1 is 1.36 bits per heavy atom. The maximum atomic E-state index is 4.28. The summed E-state index contributed by atoms with van der Waals surface area (Å²) in [5.74, 6) is 1.04. The molecule has 0 aliphatic heterocycles. The van der Waals surface area contributed by atoms with Crippen LogP contribution in [-0.4, -0.2) is 21.3 Å². The average molecular weight is 196 g/mol. The molecule has 4 heteroatoms. The Hall–Kier alpha value is -0.900. The largest absolute Gasteiger partial charge is 0.310 e. The fourth-order valence-corrected chi connectivity index (χ4v) is 1.58. The fraction of sp³-hybridized carbons (Fsp3) is 0.800. The topological polar surface area (TPSA) is 42.7 Å². The van der Waals surface area contributed by atoms with Crippen molar-refractivity contribution in [2.75, 3.05) is 6.54 Å². The van der Waals surface area contributed by atoms with E-state index in [1.54, 1.807) is 6.33 Å². The smallest absolute Gasteiger partial charge is 0.141 e. The first-order valence-corrected chi connectivity index (χ1v) is 5.42. The average Bonchev–Trinajstić information content (AvgIpc) is 2.65. The van der Waals surface area contributed by atoms with Gasteiger partial charge < -0.3 is 5.32 Å². The highest BCUT2D eigenvalue weighted by Gasteiger charge is 2.11. The van der Waals surface area contributed by atoms with Crippen molar-refractivity contribution in [3.05, 3.63) is 12.2 Å². The van der Waals surface area contributed by atoms with Gasteiger partial charge in [-0.2, -0.15) is 5.10 Å². The normalized spacial score (nSPS) is 11.1. The molecule has 0 bridgehead atoms. The third-order valence-electron chi connectivity index (χ3n) is 2.47. The summed E-state index contributed by atoms with van der Waals surface area (Å²) >= 11 is 0. The summed E-state index contributed by atoms with van der Waals surface area (Å²) in [5, 5.41) is 7.55. The lowest BCUT2D eigenvalue weighted by molar-refractivity contribution is 0.407. The van der Waals surface area contributed by atoms with E-state index in [0.717, 1.165) is 31.8 Å². The molecule has 0 atom stereocenters. The van der Waals surface area contributed by atoms with Gasteiger partial charge >= 0.3 is 0 Å². The van der Waals surface area contributed by atoms with E-state index in [2.05, 4.69) is 36.2 Å². The number of nitrogens with zero attached hydrogens (tertiary/aromatic N) is 3. The first kappa shape index (κ1) is 11.2. The fourth-order valence-electron chi connectivity index (χ4n) is 1.58. The van der Waals surface area contributed by atoms with Crippen LogP contribution in [0.4, 0.5) is 0 Å². The molecule has 1 aromatic rings. The van der Waals surface area contributed by atoms with Crippen molar-refractivity contribution >= 4 is 0 Å². The van der Waals surface area contributed by atoms with Gasteiger partial charge in [-0.15, -0.1) is 0 Å². The molecule has 0 saturated carbocycles. The van der Waals surface area contributed by atoms with Crippen LogP contribution in [0.3, 0.4) is 0 Å². The Bertz CT molecular complexity index is 252. The summed E-state index contributed by atoms with van der Waals surface area (Å²) in [5.41, 5.74) is 0. The van der Waals surface area contributed by atoms with E-state index >= 15 is 0 Å². The molecule has 14 heavy (non-hydrogen) atoms. The molecule has 1 aromatic heterocycles. The molecular formula is C10H20N4. The lowest BCUT2D eigenvalue weighted by atomic mass is 10.2. The molecule has 0 spiro atoms. The van der Waals surface area contributed by atoms with Gasteiger partial charge in [-0.25, -0.2) is 9.67 Å². The van der Waals surface area contributed by atoms with E-state index in [9.17, 15) is 0 Å². The maximum Gasteiger partial charge on any atom is 0.141 e. The second-order valence-corrected chi connectivity index (χ2v) is 3.37. The minimum absolute atomic E-state index is 0.492. The van der Waals surface area contributed by atoms with Crippen LogP contribution in [0, 0.1) is 0 Å². The molecule has 0 unspecified atom stereocenters. The summed E-state index contributed by atoms with van der Waals surface area (Å²) in [7, 11) is 0. The first-order chi connectivity index (χ1) is 6.83. The molecule has 0 radical (unpaired) electrons. The van der Waals surface area contributed by atoms with Gasteiger partial charge in [-0.3, -0.25) is 0 Å². The second-order valence-electron chi connectivity index (χ2n) is 3.37. The van der Waals surface area contributed by atoms with Gasteiger partial charge in [0.05, 0.1) is 12.6 Å².